The van der Waals surface area contributed by atoms with E-state index in [-0.39, 0.29) is 17.2 Å². The van der Waals surface area contributed by atoms with Gasteiger partial charge in [-0.25, -0.2) is 5.10 Å². The van der Waals surface area contributed by atoms with Gasteiger partial charge in [-0.3, -0.25) is 9.59 Å². The standard InChI is InChI=1S/C10H12BrN3O2/c11-7(6-1-2-6)5-12-10(16)8-3-4-9(15)14-13-8/h3-4,6-7H,1-2,5H2,(H,12,16)(H,14,15). The molecule has 1 aromatic heterocycles. The highest BCUT2D eigenvalue weighted by atomic mass is 79.9. The van der Waals surface area contributed by atoms with Gasteiger partial charge in [0, 0.05) is 17.4 Å². The van der Waals surface area contributed by atoms with E-state index in [0.29, 0.717) is 17.3 Å². The minimum absolute atomic E-state index is 0.232. The second-order valence-electron chi connectivity index (χ2n) is 3.87. The lowest BCUT2D eigenvalue weighted by atomic mass is 10.3. The normalized spacial score (nSPS) is 16.8. The van der Waals surface area contributed by atoms with E-state index in [2.05, 4.69) is 31.4 Å². The summed E-state index contributed by atoms with van der Waals surface area (Å²) < 4.78 is 0. The number of aromatic amines is 1. The quantitative estimate of drug-likeness (QED) is 0.799. The maximum Gasteiger partial charge on any atom is 0.271 e. The fraction of sp³-hybridized carbons (Fsp3) is 0.500. The fourth-order valence-corrected chi connectivity index (χ4v) is 2.07. The molecular weight excluding hydrogens is 274 g/mol. The maximum atomic E-state index is 11.6. The van der Waals surface area contributed by atoms with Crippen LogP contribution < -0.4 is 10.9 Å². The first-order valence-electron chi connectivity index (χ1n) is 5.15. The van der Waals surface area contributed by atoms with Crippen molar-refractivity contribution in [3.05, 3.63) is 28.2 Å². The van der Waals surface area contributed by atoms with Crippen molar-refractivity contribution in [2.45, 2.75) is 17.7 Å². The van der Waals surface area contributed by atoms with E-state index in [0.717, 1.165) is 0 Å². The molecule has 1 atom stereocenters. The summed E-state index contributed by atoms with van der Waals surface area (Å²) in [6, 6.07) is 2.70. The van der Waals surface area contributed by atoms with E-state index < -0.39 is 0 Å². The molecule has 0 saturated heterocycles. The molecule has 0 radical (unpaired) electrons. The second-order valence-corrected chi connectivity index (χ2v) is 5.05. The first-order chi connectivity index (χ1) is 7.66. The van der Waals surface area contributed by atoms with Gasteiger partial charge >= 0.3 is 0 Å². The van der Waals surface area contributed by atoms with E-state index in [4.69, 9.17) is 0 Å². The van der Waals surface area contributed by atoms with Crippen molar-refractivity contribution in [1.29, 1.82) is 0 Å². The molecule has 0 aliphatic heterocycles. The van der Waals surface area contributed by atoms with Gasteiger partial charge in [0.2, 0.25) is 0 Å². The number of H-pyrrole nitrogens is 1. The third kappa shape index (κ3) is 2.91. The number of carbonyl (C=O) groups is 1. The van der Waals surface area contributed by atoms with Crippen LogP contribution in [0.4, 0.5) is 0 Å². The zero-order chi connectivity index (χ0) is 11.5. The predicted octanol–water partition coefficient (Wildman–Crippen LogP) is 0.673. The Labute approximate surface area is 101 Å². The summed E-state index contributed by atoms with van der Waals surface area (Å²) in [4.78, 5) is 22.7. The van der Waals surface area contributed by atoms with Crippen molar-refractivity contribution in [2.24, 2.45) is 5.92 Å². The van der Waals surface area contributed by atoms with Gasteiger partial charge in [-0.1, -0.05) is 15.9 Å². The molecule has 2 N–H and O–H groups in total. The van der Waals surface area contributed by atoms with Crippen LogP contribution in [0.1, 0.15) is 23.3 Å². The number of nitrogens with one attached hydrogen (secondary N) is 2. The minimum Gasteiger partial charge on any atom is -0.350 e. The highest BCUT2D eigenvalue weighted by molar-refractivity contribution is 9.09. The van der Waals surface area contributed by atoms with Crippen molar-refractivity contribution in [3.8, 4) is 0 Å². The first-order valence-corrected chi connectivity index (χ1v) is 6.06. The van der Waals surface area contributed by atoms with Gasteiger partial charge in [0.25, 0.3) is 11.5 Å². The molecule has 86 valence electrons. The molecular formula is C10H12BrN3O2. The summed E-state index contributed by atoms with van der Waals surface area (Å²) in [6.07, 6.45) is 2.45. The molecule has 1 amide bonds. The second kappa shape index (κ2) is 4.78. The van der Waals surface area contributed by atoms with Crippen LogP contribution in [0.25, 0.3) is 0 Å². The van der Waals surface area contributed by atoms with Gasteiger partial charge in [0.05, 0.1) is 0 Å². The van der Waals surface area contributed by atoms with Crippen LogP contribution in [0.3, 0.4) is 0 Å². The van der Waals surface area contributed by atoms with Gasteiger partial charge in [-0.05, 0) is 24.8 Å². The van der Waals surface area contributed by atoms with Gasteiger partial charge in [0.1, 0.15) is 5.69 Å². The first kappa shape index (κ1) is 11.3. The third-order valence-electron chi connectivity index (χ3n) is 2.50. The summed E-state index contributed by atoms with van der Waals surface area (Å²) in [7, 11) is 0. The van der Waals surface area contributed by atoms with Gasteiger partial charge in [-0.2, -0.15) is 5.10 Å². The number of hydrogen-bond donors (Lipinski definition) is 2. The van der Waals surface area contributed by atoms with Crippen molar-refractivity contribution in [1.82, 2.24) is 15.5 Å². The zero-order valence-electron chi connectivity index (χ0n) is 8.57. The highest BCUT2D eigenvalue weighted by Crippen LogP contribution is 2.36. The largest absolute Gasteiger partial charge is 0.350 e. The lowest BCUT2D eigenvalue weighted by Crippen LogP contribution is -2.31. The Bertz CT molecular complexity index is 421. The molecule has 1 aliphatic carbocycles. The Morgan fingerprint density at radius 3 is 2.94 bits per heavy atom. The molecule has 1 fully saturated rings. The molecule has 16 heavy (non-hydrogen) atoms. The molecule has 1 heterocycles. The number of hydrogen-bond acceptors (Lipinski definition) is 3. The number of amides is 1. The topological polar surface area (TPSA) is 74.8 Å². The number of nitrogens with zero attached hydrogens (tertiary/aromatic N) is 1. The number of rotatable bonds is 4. The third-order valence-corrected chi connectivity index (χ3v) is 3.57. The SMILES string of the molecule is O=C(NCC(Br)C1CC1)c1ccc(=O)[nH]n1. The molecule has 1 saturated carbocycles. The van der Waals surface area contributed by atoms with E-state index in [1.807, 2.05) is 0 Å². The van der Waals surface area contributed by atoms with E-state index in [9.17, 15) is 9.59 Å². The summed E-state index contributed by atoms with van der Waals surface area (Å²) in [5.74, 6) is 0.421. The Balaban J connectivity index is 1.87. The van der Waals surface area contributed by atoms with Crippen LogP contribution in [-0.4, -0.2) is 27.5 Å². The van der Waals surface area contributed by atoms with Crippen LogP contribution in [-0.2, 0) is 0 Å². The number of aromatic nitrogens is 2. The molecule has 1 aromatic rings. The summed E-state index contributed by atoms with van der Waals surface area (Å²) in [5, 5.41) is 8.65. The zero-order valence-corrected chi connectivity index (χ0v) is 10.2. The number of alkyl halides is 1. The van der Waals surface area contributed by atoms with E-state index in [1.54, 1.807) is 0 Å². The van der Waals surface area contributed by atoms with Crippen molar-refractivity contribution in [2.75, 3.05) is 6.54 Å². The van der Waals surface area contributed by atoms with E-state index in [1.165, 1.54) is 25.0 Å². The average molecular weight is 286 g/mol. The van der Waals surface area contributed by atoms with Crippen molar-refractivity contribution in [3.63, 3.8) is 0 Å². The Morgan fingerprint density at radius 2 is 2.38 bits per heavy atom. The van der Waals surface area contributed by atoms with Crippen LogP contribution in [0.2, 0.25) is 0 Å². The van der Waals surface area contributed by atoms with Gasteiger partial charge in [0.15, 0.2) is 0 Å². The maximum absolute atomic E-state index is 11.6. The van der Waals surface area contributed by atoms with Crippen LogP contribution in [0.15, 0.2) is 16.9 Å². The average Bonchev–Trinajstić information content (AvgIpc) is 3.10. The smallest absolute Gasteiger partial charge is 0.271 e. The Morgan fingerprint density at radius 1 is 1.62 bits per heavy atom. The molecule has 0 spiro atoms. The number of carbonyl (C=O) groups excluding carboxylic acids is 1. The lowest BCUT2D eigenvalue weighted by molar-refractivity contribution is 0.0947. The molecule has 1 unspecified atom stereocenters. The Kier molecular flexibility index (Phi) is 3.38. The number of halogens is 1. The summed E-state index contributed by atoms with van der Waals surface area (Å²) >= 11 is 3.52. The van der Waals surface area contributed by atoms with Crippen LogP contribution in [0, 0.1) is 5.92 Å². The fourth-order valence-electron chi connectivity index (χ4n) is 1.38. The molecule has 6 heteroatoms. The summed E-state index contributed by atoms with van der Waals surface area (Å²) in [6.45, 7) is 0.588. The summed E-state index contributed by atoms with van der Waals surface area (Å²) in [5.41, 5.74) is -0.0806. The van der Waals surface area contributed by atoms with Crippen LogP contribution in [0.5, 0.6) is 0 Å². The molecule has 1 aliphatic rings. The van der Waals surface area contributed by atoms with E-state index >= 15 is 0 Å². The monoisotopic (exact) mass is 285 g/mol. The molecule has 5 nitrogen and oxygen atoms in total. The molecule has 0 bridgehead atoms. The van der Waals surface area contributed by atoms with Crippen molar-refractivity contribution < 1.29 is 4.79 Å². The van der Waals surface area contributed by atoms with Crippen molar-refractivity contribution >= 4 is 21.8 Å². The van der Waals surface area contributed by atoms with Gasteiger partial charge in [-0.15, -0.1) is 0 Å². The molecule has 0 aromatic carbocycles. The molecule has 2 rings (SSSR count). The minimum atomic E-state index is -0.312. The highest BCUT2D eigenvalue weighted by Gasteiger charge is 2.29. The van der Waals surface area contributed by atoms with Gasteiger partial charge < -0.3 is 5.32 Å². The Hall–Kier alpha value is -1.17. The van der Waals surface area contributed by atoms with Crippen LogP contribution >= 0.6 is 15.9 Å². The predicted molar refractivity (Wildman–Crippen MR) is 62.6 cm³/mol. The lowest BCUT2D eigenvalue weighted by Gasteiger charge is -2.09.